The van der Waals surface area contributed by atoms with Crippen LogP contribution in [0.4, 0.5) is 14.5 Å². The summed E-state index contributed by atoms with van der Waals surface area (Å²) in [7, 11) is 0. The van der Waals surface area contributed by atoms with Gasteiger partial charge in [0.1, 0.15) is 0 Å². The number of pyridine rings is 1. The SMILES string of the molecule is CCC[C@H]1c2c(NC(=O)c3cccnc3)cccc2C(C)(C)C1C(F)F. The highest BCUT2D eigenvalue weighted by Crippen LogP contribution is 2.56. The fourth-order valence-corrected chi connectivity index (χ4v) is 4.31. The molecule has 138 valence electrons. The minimum absolute atomic E-state index is 0.268. The van der Waals surface area contributed by atoms with Gasteiger partial charge >= 0.3 is 0 Å². The molecule has 2 atom stereocenters. The van der Waals surface area contributed by atoms with E-state index in [0.717, 1.165) is 17.5 Å². The number of nitrogens with one attached hydrogen (secondary N) is 1. The highest BCUT2D eigenvalue weighted by Gasteiger charge is 2.51. The van der Waals surface area contributed by atoms with Crippen molar-refractivity contribution in [3.05, 3.63) is 59.4 Å². The first-order valence-corrected chi connectivity index (χ1v) is 9.00. The number of hydrogen-bond donors (Lipinski definition) is 1. The number of carbonyl (C=O) groups is 1. The molecule has 0 aliphatic heterocycles. The van der Waals surface area contributed by atoms with Crippen molar-refractivity contribution in [3.63, 3.8) is 0 Å². The third-order valence-electron chi connectivity index (χ3n) is 5.48. The second-order valence-corrected chi connectivity index (χ2v) is 7.44. The Balaban J connectivity index is 2.04. The number of rotatable bonds is 5. The van der Waals surface area contributed by atoms with Gasteiger partial charge in [0.25, 0.3) is 5.91 Å². The quantitative estimate of drug-likeness (QED) is 0.778. The van der Waals surface area contributed by atoms with E-state index in [9.17, 15) is 13.6 Å². The molecule has 0 bridgehead atoms. The maximum absolute atomic E-state index is 13.9. The molecule has 3 rings (SSSR count). The van der Waals surface area contributed by atoms with Gasteiger partial charge in [-0.05, 0) is 47.1 Å². The largest absolute Gasteiger partial charge is 0.322 e. The van der Waals surface area contributed by atoms with Crippen molar-refractivity contribution in [2.45, 2.75) is 51.4 Å². The first kappa shape index (κ1) is 18.5. The molecule has 1 aromatic heterocycles. The molecule has 0 saturated carbocycles. The Bertz CT molecular complexity index is 790. The van der Waals surface area contributed by atoms with Crippen molar-refractivity contribution in [1.82, 2.24) is 4.98 Å². The maximum Gasteiger partial charge on any atom is 0.257 e. The van der Waals surface area contributed by atoms with Crippen LogP contribution in [0.2, 0.25) is 0 Å². The van der Waals surface area contributed by atoms with E-state index in [0.29, 0.717) is 17.7 Å². The summed E-state index contributed by atoms with van der Waals surface area (Å²) < 4.78 is 27.9. The van der Waals surface area contributed by atoms with Crippen LogP contribution in [0.1, 0.15) is 61.0 Å². The number of amides is 1. The number of alkyl halides is 2. The minimum Gasteiger partial charge on any atom is -0.322 e. The van der Waals surface area contributed by atoms with Crippen LogP contribution in [0.15, 0.2) is 42.7 Å². The number of nitrogens with zero attached hydrogens (tertiary/aromatic N) is 1. The fraction of sp³-hybridized carbons (Fsp3) is 0.429. The third kappa shape index (κ3) is 3.11. The summed E-state index contributed by atoms with van der Waals surface area (Å²) in [6, 6.07) is 8.93. The van der Waals surface area contributed by atoms with Crippen molar-refractivity contribution in [3.8, 4) is 0 Å². The lowest BCUT2D eigenvalue weighted by Gasteiger charge is -2.30. The summed E-state index contributed by atoms with van der Waals surface area (Å²) in [6.07, 6.45) is 2.17. The molecule has 1 heterocycles. The van der Waals surface area contributed by atoms with Crippen molar-refractivity contribution in [1.29, 1.82) is 0 Å². The topological polar surface area (TPSA) is 42.0 Å². The third-order valence-corrected chi connectivity index (χ3v) is 5.48. The lowest BCUT2D eigenvalue weighted by molar-refractivity contribution is 0.0307. The molecule has 0 spiro atoms. The molecule has 0 radical (unpaired) electrons. The molecule has 1 aliphatic rings. The molecule has 1 amide bonds. The monoisotopic (exact) mass is 358 g/mol. The Kier molecular flexibility index (Phi) is 5.08. The number of benzene rings is 1. The molecule has 26 heavy (non-hydrogen) atoms. The number of fused-ring (bicyclic) bond motifs is 1. The van der Waals surface area contributed by atoms with Crippen LogP contribution in [0, 0.1) is 5.92 Å². The average Bonchev–Trinajstić information content (AvgIpc) is 2.84. The Morgan fingerprint density at radius 1 is 1.27 bits per heavy atom. The Morgan fingerprint density at radius 2 is 2.04 bits per heavy atom. The highest BCUT2D eigenvalue weighted by molar-refractivity contribution is 6.04. The van der Waals surface area contributed by atoms with E-state index in [-0.39, 0.29) is 11.8 Å². The zero-order chi connectivity index (χ0) is 18.9. The summed E-state index contributed by atoms with van der Waals surface area (Å²) in [6.45, 7) is 5.76. The summed E-state index contributed by atoms with van der Waals surface area (Å²) in [5.74, 6) is -1.30. The number of carbonyl (C=O) groups excluding carboxylic acids is 1. The molecule has 0 saturated heterocycles. The van der Waals surface area contributed by atoms with Crippen LogP contribution >= 0.6 is 0 Å². The van der Waals surface area contributed by atoms with Crippen LogP contribution in [-0.2, 0) is 5.41 Å². The van der Waals surface area contributed by atoms with Crippen molar-refractivity contribution in [2.24, 2.45) is 5.92 Å². The smallest absolute Gasteiger partial charge is 0.257 e. The molecule has 1 unspecified atom stereocenters. The van der Waals surface area contributed by atoms with Gasteiger partial charge in [0.2, 0.25) is 6.43 Å². The zero-order valence-electron chi connectivity index (χ0n) is 15.3. The number of aromatic nitrogens is 1. The lowest BCUT2D eigenvalue weighted by Crippen LogP contribution is -2.32. The van der Waals surface area contributed by atoms with Gasteiger partial charge in [-0.15, -0.1) is 0 Å². The average molecular weight is 358 g/mol. The van der Waals surface area contributed by atoms with Gasteiger partial charge in [0.15, 0.2) is 0 Å². The Hall–Kier alpha value is -2.30. The number of hydrogen-bond acceptors (Lipinski definition) is 2. The van der Waals surface area contributed by atoms with Crippen LogP contribution in [0.5, 0.6) is 0 Å². The van der Waals surface area contributed by atoms with E-state index >= 15 is 0 Å². The standard InChI is InChI=1S/C21H24F2N2O/c1-4-7-14-17-15(21(2,3)18(14)19(22)23)9-5-10-16(17)25-20(26)13-8-6-11-24-12-13/h5-6,8-12,14,18-19H,4,7H2,1-3H3,(H,25,26)/t14-,18?/m0/s1. The van der Waals surface area contributed by atoms with Crippen LogP contribution in [0.3, 0.4) is 0 Å². The van der Waals surface area contributed by atoms with E-state index in [1.807, 2.05) is 32.9 Å². The highest BCUT2D eigenvalue weighted by atomic mass is 19.3. The Morgan fingerprint density at radius 3 is 2.65 bits per heavy atom. The van der Waals surface area contributed by atoms with E-state index in [4.69, 9.17) is 0 Å². The molecular weight excluding hydrogens is 334 g/mol. The molecule has 1 aromatic carbocycles. The molecular formula is C21H24F2N2O. The molecule has 1 N–H and O–H groups in total. The van der Waals surface area contributed by atoms with Gasteiger partial charge < -0.3 is 5.32 Å². The van der Waals surface area contributed by atoms with Crippen LogP contribution in [-0.4, -0.2) is 17.3 Å². The second kappa shape index (κ2) is 7.14. The lowest BCUT2D eigenvalue weighted by atomic mass is 9.75. The van der Waals surface area contributed by atoms with Gasteiger partial charge in [-0.3, -0.25) is 9.78 Å². The van der Waals surface area contributed by atoms with Gasteiger partial charge in [-0.25, -0.2) is 8.78 Å². The van der Waals surface area contributed by atoms with E-state index in [2.05, 4.69) is 10.3 Å². The van der Waals surface area contributed by atoms with E-state index in [1.54, 1.807) is 24.4 Å². The van der Waals surface area contributed by atoms with Gasteiger partial charge in [0.05, 0.1) is 5.56 Å². The minimum atomic E-state index is -2.41. The number of anilines is 1. The predicted molar refractivity (Wildman–Crippen MR) is 98.8 cm³/mol. The molecule has 5 heteroatoms. The number of halogens is 2. The molecule has 1 aliphatic carbocycles. The first-order valence-electron chi connectivity index (χ1n) is 9.00. The zero-order valence-corrected chi connectivity index (χ0v) is 15.3. The summed E-state index contributed by atoms with van der Waals surface area (Å²) in [4.78, 5) is 16.5. The summed E-state index contributed by atoms with van der Waals surface area (Å²) >= 11 is 0. The van der Waals surface area contributed by atoms with E-state index < -0.39 is 17.8 Å². The molecule has 0 fully saturated rings. The summed E-state index contributed by atoms with van der Waals surface area (Å²) in [5, 5.41) is 2.92. The fourth-order valence-electron chi connectivity index (χ4n) is 4.31. The van der Waals surface area contributed by atoms with Crippen molar-refractivity contribution >= 4 is 11.6 Å². The molecule has 2 aromatic rings. The van der Waals surface area contributed by atoms with Crippen LogP contribution in [0.25, 0.3) is 0 Å². The van der Waals surface area contributed by atoms with Crippen molar-refractivity contribution < 1.29 is 13.6 Å². The second-order valence-electron chi connectivity index (χ2n) is 7.44. The normalized spacial score (nSPS) is 20.8. The van der Waals surface area contributed by atoms with Gasteiger partial charge in [-0.1, -0.05) is 39.3 Å². The Labute approximate surface area is 152 Å². The van der Waals surface area contributed by atoms with Gasteiger partial charge in [0, 0.05) is 24.0 Å². The predicted octanol–water partition coefficient (Wildman–Crippen LogP) is 5.39. The summed E-state index contributed by atoms with van der Waals surface area (Å²) in [5.41, 5.74) is 2.20. The van der Waals surface area contributed by atoms with Crippen molar-refractivity contribution in [2.75, 3.05) is 5.32 Å². The van der Waals surface area contributed by atoms with Crippen LogP contribution < -0.4 is 5.32 Å². The maximum atomic E-state index is 13.9. The van der Waals surface area contributed by atoms with E-state index in [1.165, 1.54) is 6.20 Å². The first-order chi connectivity index (χ1) is 12.4. The van der Waals surface area contributed by atoms with Gasteiger partial charge in [-0.2, -0.15) is 0 Å². The molecule has 3 nitrogen and oxygen atoms in total.